The molecule has 1 aromatic carbocycles. The number of rotatable bonds is 2. The molecule has 1 N–H and O–H groups in total. The Balaban J connectivity index is 1.94. The summed E-state index contributed by atoms with van der Waals surface area (Å²) in [7, 11) is 0. The number of imide groups is 2. The topological polar surface area (TPSA) is 66.5 Å². The first-order valence-corrected chi connectivity index (χ1v) is 7.80. The van der Waals surface area contributed by atoms with Gasteiger partial charge in [-0.25, -0.2) is 4.79 Å². The van der Waals surface area contributed by atoms with E-state index < -0.39 is 23.8 Å². The number of hydrogen-bond donors (Lipinski definition) is 1. The van der Waals surface area contributed by atoms with E-state index >= 15 is 0 Å². The van der Waals surface area contributed by atoms with Gasteiger partial charge in [0.1, 0.15) is 5.92 Å². The van der Waals surface area contributed by atoms with Gasteiger partial charge in [-0.1, -0.05) is 40.9 Å². The molecule has 1 saturated heterocycles. The third-order valence-electron chi connectivity index (χ3n) is 4.07. The molecule has 1 unspecified atom stereocenters. The Kier molecular flexibility index (Phi) is 3.80. The van der Waals surface area contributed by atoms with Crippen molar-refractivity contribution in [2.45, 2.75) is 37.6 Å². The first kappa shape index (κ1) is 14.3. The van der Waals surface area contributed by atoms with E-state index in [1.807, 2.05) is 6.07 Å². The number of urea groups is 1. The smallest absolute Gasteiger partial charge is 0.277 e. The second-order valence-electron chi connectivity index (χ2n) is 5.43. The van der Waals surface area contributed by atoms with Crippen molar-refractivity contribution in [3.05, 3.63) is 34.3 Å². The van der Waals surface area contributed by atoms with E-state index in [0.717, 1.165) is 30.2 Å². The summed E-state index contributed by atoms with van der Waals surface area (Å²) in [5, 5.41) is 2.32. The van der Waals surface area contributed by atoms with Crippen molar-refractivity contribution in [3.63, 3.8) is 0 Å². The summed E-state index contributed by atoms with van der Waals surface area (Å²) in [5.74, 6) is -1.90. The largest absolute Gasteiger partial charge is 0.331 e. The van der Waals surface area contributed by atoms with Gasteiger partial charge in [-0.05, 0) is 30.5 Å². The number of carbonyl (C=O) groups is 3. The van der Waals surface area contributed by atoms with Crippen LogP contribution in [0.5, 0.6) is 0 Å². The molecule has 0 bridgehead atoms. The third kappa shape index (κ3) is 2.60. The monoisotopic (exact) mass is 350 g/mol. The first-order valence-electron chi connectivity index (χ1n) is 7.01. The molecule has 110 valence electrons. The van der Waals surface area contributed by atoms with Crippen molar-refractivity contribution in [2.24, 2.45) is 0 Å². The Morgan fingerprint density at radius 2 is 1.86 bits per heavy atom. The Hall–Kier alpha value is -1.69. The van der Waals surface area contributed by atoms with Crippen molar-refractivity contribution >= 4 is 33.8 Å². The molecular formula is C15H15BrN2O3. The van der Waals surface area contributed by atoms with Crippen molar-refractivity contribution in [1.29, 1.82) is 0 Å². The molecule has 0 radical (unpaired) electrons. The van der Waals surface area contributed by atoms with Crippen LogP contribution in [0.2, 0.25) is 0 Å². The van der Waals surface area contributed by atoms with Crippen molar-refractivity contribution < 1.29 is 14.4 Å². The average molecular weight is 351 g/mol. The van der Waals surface area contributed by atoms with Gasteiger partial charge in [0.15, 0.2) is 0 Å². The van der Waals surface area contributed by atoms with Crippen molar-refractivity contribution in [1.82, 2.24) is 10.2 Å². The fraction of sp³-hybridized carbons (Fsp3) is 0.400. The van der Waals surface area contributed by atoms with Crippen LogP contribution >= 0.6 is 15.9 Å². The van der Waals surface area contributed by atoms with Gasteiger partial charge in [0.2, 0.25) is 11.8 Å². The zero-order chi connectivity index (χ0) is 15.0. The number of nitrogens with zero attached hydrogens (tertiary/aromatic N) is 1. The number of hydrogen-bond acceptors (Lipinski definition) is 3. The minimum atomic E-state index is -0.944. The van der Waals surface area contributed by atoms with E-state index in [9.17, 15) is 14.4 Å². The van der Waals surface area contributed by atoms with Gasteiger partial charge in [-0.15, -0.1) is 0 Å². The molecule has 1 saturated carbocycles. The minimum absolute atomic E-state index is 0.0831. The van der Waals surface area contributed by atoms with Crippen molar-refractivity contribution in [3.8, 4) is 0 Å². The average Bonchev–Trinajstić information content (AvgIpc) is 2.92. The van der Waals surface area contributed by atoms with Crippen LogP contribution in [0.3, 0.4) is 0 Å². The number of amides is 4. The van der Waals surface area contributed by atoms with Crippen molar-refractivity contribution in [2.75, 3.05) is 0 Å². The van der Waals surface area contributed by atoms with Gasteiger partial charge >= 0.3 is 6.03 Å². The van der Waals surface area contributed by atoms with E-state index in [1.54, 1.807) is 18.2 Å². The molecule has 5 nitrogen and oxygen atoms in total. The Morgan fingerprint density at radius 3 is 2.52 bits per heavy atom. The standard InChI is InChI=1S/C15H15BrN2O3/c16-10-5-3-4-9(8-10)12-13(19)17-15(21)18(14(12)20)11-6-1-2-7-11/h3-5,8,11-12H,1-2,6-7H2,(H,17,19,21). The highest BCUT2D eigenvalue weighted by molar-refractivity contribution is 9.10. The lowest BCUT2D eigenvalue weighted by molar-refractivity contribution is -0.140. The van der Waals surface area contributed by atoms with Gasteiger partial charge in [-0.2, -0.15) is 0 Å². The Morgan fingerprint density at radius 1 is 1.14 bits per heavy atom. The summed E-state index contributed by atoms with van der Waals surface area (Å²) in [5.41, 5.74) is 0.599. The molecule has 1 aromatic rings. The van der Waals surface area contributed by atoms with Crippen LogP contribution in [-0.2, 0) is 9.59 Å². The van der Waals surface area contributed by atoms with Gasteiger partial charge in [0.25, 0.3) is 0 Å². The zero-order valence-corrected chi connectivity index (χ0v) is 12.9. The predicted octanol–water partition coefficient (Wildman–Crippen LogP) is 2.55. The number of carbonyl (C=O) groups excluding carboxylic acids is 3. The predicted molar refractivity (Wildman–Crippen MR) is 79.5 cm³/mol. The van der Waals surface area contributed by atoms with Gasteiger partial charge in [-0.3, -0.25) is 19.8 Å². The highest BCUT2D eigenvalue weighted by Gasteiger charge is 2.44. The molecule has 2 fully saturated rings. The maximum atomic E-state index is 12.7. The first-order chi connectivity index (χ1) is 10.1. The summed E-state index contributed by atoms with van der Waals surface area (Å²) < 4.78 is 0.796. The molecular weight excluding hydrogens is 336 g/mol. The second kappa shape index (κ2) is 5.60. The summed E-state index contributed by atoms with van der Waals surface area (Å²) >= 11 is 3.34. The molecule has 2 aliphatic rings. The lowest BCUT2D eigenvalue weighted by Gasteiger charge is -2.34. The Labute approximate surface area is 130 Å². The Bertz CT molecular complexity index is 611. The lowest BCUT2D eigenvalue weighted by Crippen LogP contribution is -2.59. The van der Waals surface area contributed by atoms with Crippen LogP contribution in [0.4, 0.5) is 4.79 Å². The molecule has 1 aliphatic heterocycles. The van der Waals surface area contributed by atoms with E-state index in [4.69, 9.17) is 0 Å². The quantitative estimate of drug-likeness (QED) is 0.833. The summed E-state index contributed by atoms with van der Waals surface area (Å²) in [6.07, 6.45) is 3.66. The number of benzene rings is 1. The zero-order valence-electron chi connectivity index (χ0n) is 11.3. The molecule has 4 amide bonds. The molecule has 6 heteroatoms. The second-order valence-corrected chi connectivity index (χ2v) is 6.34. The van der Waals surface area contributed by atoms with Crippen LogP contribution in [0.15, 0.2) is 28.7 Å². The minimum Gasteiger partial charge on any atom is -0.277 e. The lowest BCUT2D eigenvalue weighted by atomic mass is 9.94. The maximum absolute atomic E-state index is 12.7. The van der Waals surface area contributed by atoms with Crippen LogP contribution < -0.4 is 5.32 Å². The van der Waals surface area contributed by atoms with Crippen LogP contribution in [0.1, 0.15) is 37.2 Å². The van der Waals surface area contributed by atoms with E-state index in [0.29, 0.717) is 5.56 Å². The summed E-state index contributed by atoms with van der Waals surface area (Å²) in [4.78, 5) is 38.0. The van der Waals surface area contributed by atoms with Gasteiger partial charge < -0.3 is 0 Å². The molecule has 0 aromatic heterocycles. The fourth-order valence-electron chi connectivity index (χ4n) is 3.08. The molecule has 21 heavy (non-hydrogen) atoms. The number of halogens is 1. The molecule has 1 aliphatic carbocycles. The van der Waals surface area contributed by atoms with E-state index in [2.05, 4.69) is 21.2 Å². The molecule has 1 atom stereocenters. The summed E-state index contributed by atoms with van der Waals surface area (Å²) in [6.45, 7) is 0. The van der Waals surface area contributed by atoms with Gasteiger partial charge in [0.05, 0.1) is 0 Å². The third-order valence-corrected chi connectivity index (χ3v) is 4.56. The van der Waals surface area contributed by atoms with Crippen LogP contribution in [0, 0.1) is 0 Å². The highest BCUT2D eigenvalue weighted by atomic mass is 79.9. The SMILES string of the molecule is O=C1NC(=O)N(C2CCCC2)C(=O)C1c1cccc(Br)c1. The van der Waals surface area contributed by atoms with Gasteiger partial charge in [0, 0.05) is 10.5 Å². The van der Waals surface area contributed by atoms with Crippen LogP contribution in [0.25, 0.3) is 0 Å². The highest BCUT2D eigenvalue weighted by Crippen LogP contribution is 2.30. The fourth-order valence-corrected chi connectivity index (χ4v) is 3.49. The van der Waals surface area contributed by atoms with E-state index in [1.165, 1.54) is 4.90 Å². The number of barbiturate groups is 1. The maximum Gasteiger partial charge on any atom is 0.331 e. The number of nitrogens with one attached hydrogen (secondary N) is 1. The molecule has 3 rings (SSSR count). The van der Waals surface area contributed by atoms with Crippen LogP contribution in [-0.4, -0.2) is 28.8 Å². The molecule has 1 heterocycles. The summed E-state index contributed by atoms with van der Waals surface area (Å²) in [6, 6.07) is 6.41. The normalized spacial score (nSPS) is 23.6. The van der Waals surface area contributed by atoms with E-state index in [-0.39, 0.29) is 6.04 Å². The molecule has 0 spiro atoms.